The molecule has 0 aromatic carbocycles. The highest BCUT2D eigenvalue weighted by molar-refractivity contribution is 7.10. The van der Waals surface area contributed by atoms with Crippen molar-refractivity contribution in [3.8, 4) is 0 Å². The van der Waals surface area contributed by atoms with Crippen molar-refractivity contribution in [3.05, 3.63) is 38.8 Å². The fourth-order valence-corrected chi connectivity index (χ4v) is 3.31. The molecule has 2 aromatic rings. The molecule has 1 N–H and O–H groups in total. The van der Waals surface area contributed by atoms with Gasteiger partial charge in [-0.2, -0.15) is 5.10 Å². The first-order valence-corrected chi connectivity index (χ1v) is 7.75. The fourth-order valence-electron chi connectivity index (χ4n) is 2.18. The summed E-state index contributed by atoms with van der Waals surface area (Å²) < 4.78 is 1.89. The Bertz CT molecular complexity index is 546. The van der Waals surface area contributed by atoms with Crippen LogP contribution in [0, 0.1) is 0 Å². The van der Waals surface area contributed by atoms with E-state index < -0.39 is 5.60 Å². The van der Waals surface area contributed by atoms with Crippen molar-refractivity contribution in [2.75, 3.05) is 0 Å². The van der Waals surface area contributed by atoms with Gasteiger partial charge >= 0.3 is 0 Å². The van der Waals surface area contributed by atoms with Crippen LogP contribution in [-0.2, 0) is 25.0 Å². The van der Waals surface area contributed by atoms with Gasteiger partial charge in [-0.05, 0) is 31.7 Å². The Morgan fingerprint density at radius 1 is 1.47 bits per heavy atom. The summed E-state index contributed by atoms with van der Waals surface area (Å²) in [6.07, 6.45) is 1.28. The summed E-state index contributed by atoms with van der Waals surface area (Å²) in [5.41, 5.74) is 0.912. The molecule has 19 heavy (non-hydrogen) atoms. The van der Waals surface area contributed by atoms with Crippen LogP contribution in [0.15, 0.2) is 17.5 Å². The van der Waals surface area contributed by atoms with Crippen LogP contribution in [0.3, 0.4) is 0 Å². The molecular weight excluding hydrogens is 280 g/mol. The Morgan fingerprint density at radius 3 is 2.74 bits per heavy atom. The summed E-state index contributed by atoms with van der Waals surface area (Å²) in [7, 11) is 0. The van der Waals surface area contributed by atoms with Gasteiger partial charge in [0.2, 0.25) is 0 Å². The lowest BCUT2D eigenvalue weighted by Crippen LogP contribution is -2.24. The highest BCUT2D eigenvalue weighted by atomic mass is 35.5. The molecule has 0 amide bonds. The second-order valence-corrected chi connectivity index (χ2v) is 6.13. The minimum Gasteiger partial charge on any atom is -0.384 e. The summed E-state index contributed by atoms with van der Waals surface area (Å²) in [6, 6.07) is 3.90. The third-order valence-corrected chi connectivity index (χ3v) is 4.82. The molecule has 0 bridgehead atoms. The van der Waals surface area contributed by atoms with Crippen LogP contribution in [0.5, 0.6) is 0 Å². The molecule has 104 valence electrons. The van der Waals surface area contributed by atoms with Gasteiger partial charge in [0.15, 0.2) is 0 Å². The smallest absolute Gasteiger partial charge is 0.101 e. The van der Waals surface area contributed by atoms with Gasteiger partial charge in [-0.3, -0.25) is 4.68 Å². The lowest BCUT2D eigenvalue weighted by atomic mass is 9.98. The van der Waals surface area contributed by atoms with E-state index in [4.69, 9.17) is 11.6 Å². The maximum atomic E-state index is 10.7. The Hall–Kier alpha value is -0.840. The predicted octanol–water partition coefficient (Wildman–Crippen LogP) is 3.63. The third-order valence-electron chi connectivity index (χ3n) is 3.26. The van der Waals surface area contributed by atoms with E-state index in [-0.39, 0.29) is 0 Å². The van der Waals surface area contributed by atoms with Crippen LogP contribution in [0.2, 0.25) is 5.02 Å². The van der Waals surface area contributed by atoms with Gasteiger partial charge in [0, 0.05) is 17.8 Å². The Morgan fingerprint density at radius 2 is 2.21 bits per heavy atom. The molecule has 0 saturated heterocycles. The monoisotopic (exact) mass is 298 g/mol. The van der Waals surface area contributed by atoms with Gasteiger partial charge in [0.1, 0.15) is 5.60 Å². The van der Waals surface area contributed by atoms with Gasteiger partial charge < -0.3 is 5.11 Å². The summed E-state index contributed by atoms with van der Waals surface area (Å²) >= 11 is 7.94. The number of nitrogens with zero attached hydrogens (tertiary/aromatic N) is 2. The van der Waals surface area contributed by atoms with E-state index in [2.05, 4.69) is 5.10 Å². The molecule has 0 spiro atoms. The van der Waals surface area contributed by atoms with E-state index in [0.29, 0.717) is 11.4 Å². The maximum Gasteiger partial charge on any atom is 0.101 e. The van der Waals surface area contributed by atoms with Crippen LogP contribution >= 0.6 is 22.9 Å². The molecule has 0 saturated carbocycles. The number of thiophene rings is 1. The van der Waals surface area contributed by atoms with Gasteiger partial charge in [-0.25, -0.2) is 0 Å². The molecule has 3 nitrogen and oxygen atoms in total. The number of hydrogen-bond acceptors (Lipinski definition) is 3. The van der Waals surface area contributed by atoms with Crippen molar-refractivity contribution in [3.63, 3.8) is 0 Å². The average molecular weight is 299 g/mol. The molecule has 0 aliphatic rings. The van der Waals surface area contributed by atoms with E-state index in [1.54, 1.807) is 11.3 Å². The number of aromatic nitrogens is 2. The van der Waals surface area contributed by atoms with Crippen molar-refractivity contribution in [2.24, 2.45) is 0 Å². The van der Waals surface area contributed by atoms with E-state index in [1.807, 2.05) is 43.0 Å². The van der Waals surface area contributed by atoms with Crippen molar-refractivity contribution in [1.29, 1.82) is 0 Å². The zero-order valence-corrected chi connectivity index (χ0v) is 13.1. The molecule has 2 heterocycles. The van der Waals surface area contributed by atoms with Gasteiger partial charge in [0.05, 0.1) is 16.4 Å². The highest BCUT2D eigenvalue weighted by Crippen LogP contribution is 2.32. The SMILES string of the molecule is CCc1nn(CC)c(CC(C)(O)c2cccs2)c1Cl. The molecule has 5 heteroatoms. The summed E-state index contributed by atoms with van der Waals surface area (Å²) in [5.74, 6) is 0. The largest absolute Gasteiger partial charge is 0.384 e. The number of rotatable bonds is 5. The number of aliphatic hydroxyl groups is 1. The predicted molar refractivity (Wildman–Crippen MR) is 79.9 cm³/mol. The van der Waals surface area contributed by atoms with E-state index in [9.17, 15) is 5.11 Å². The molecule has 2 rings (SSSR count). The van der Waals surface area contributed by atoms with E-state index >= 15 is 0 Å². The highest BCUT2D eigenvalue weighted by Gasteiger charge is 2.28. The lowest BCUT2D eigenvalue weighted by Gasteiger charge is -2.22. The summed E-state index contributed by atoms with van der Waals surface area (Å²) in [4.78, 5) is 0.950. The zero-order chi connectivity index (χ0) is 14.0. The molecule has 0 fully saturated rings. The van der Waals surface area contributed by atoms with Crippen molar-refractivity contribution >= 4 is 22.9 Å². The Kier molecular flexibility index (Phi) is 4.33. The van der Waals surface area contributed by atoms with Crippen molar-refractivity contribution in [2.45, 2.75) is 45.8 Å². The minimum atomic E-state index is -0.907. The summed E-state index contributed by atoms with van der Waals surface area (Å²) in [5, 5.41) is 17.8. The topological polar surface area (TPSA) is 38.0 Å². The molecular formula is C14H19ClN2OS. The van der Waals surface area contributed by atoms with Crippen LogP contribution in [0.25, 0.3) is 0 Å². The first-order chi connectivity index (χ1) is 8.99. The normalized spacial score (nSPS) is 14.6. The van der Waals surface area contributed by atoms with Crippen LogP contribution < -0.4 is 0 Å². The van der Waals surface area contributed by atoms with Crippen LogP contribution in [-0.4, -0.2) is 14.9 Å². The molecule has 0 aliphatic heterocycles. The average Bonchev–Trinajstić information content (AvgIpc) is 2.99. The van der Waals surface area contributed by atoms with Crippen LogP contribution in [0.1, 0.15) is 37.0 Å². The number of aryl methyl sites for hydroxylation is 2. The molecule has 0 aliphatic carbocycles. The number of halogens is 1. The molecule has 0 radical (unpaired) electrons. The number of hydrogen-bond donors (Lipinski definition) is 1. The van der Waals surface area contributed by atoms with Gasteiger partial charge in [0.25, 0.3) is 0 Å². The maximum absolute atomic E-state index is 10.7. The van der Waals surface area contributed by atoms with Crippen LogP contribution in [0.4, 0.5) is 0 Å². The second kappa shape index (κ2) is 5.65. The van der Waals surface area contributed by atoms with E-state index in [0.717, 1.165) is 29.2 Å². The second-order valence-electron chi connectivity index (χ2n) is 4.80. The standard InChI is InChI=1S/C14H19ClN2OS/c1-4-10-13(15)11(17(5-2)16-10)9-14(3,18)12-7-6-8-19-12/h6-8,18H,4-5,9H2,1-3H3. The first kappa shape index (κ1) is 14.6. The quantitative estimate of drug-likeness (QED) is 0.915. The first-order valence-electron chi connectivity index (χ1n) is 6.50. The molecule has 2 aromatic heterocycles. The zero-order valence-electron chi connectivity index (χ0n) is 11.5. The lowest BCUT2D eigenvalue weighted by molar-refractivity contribution is 0.0592. The minimum absolute atomic E-state index is 0.479. The molecule has 1 atom stereocenters. The Labute approximate surface area is 122 Å². The molecule has 1 unspecified atom stereocenters. The Balaban J connectivity index is 2.35. The van der Waals surface area contributed by atoms with E-state index in [1.165, 1.54) is 0 Å². The summed E-state index contributed by atoms with van der Waals surface area (Å²) in [6.45, 7) is 6.66. The third kappa shape index (κ3) is 2.86. The fraction of sp³-hybridized carbons (Fsp3) is 0.500. The van der Waals surface area contributed by atoms with Gasteiger partial charge in [-0.15, -0.1) is 11.3 Å². The van der Waals surface area contributed by atoms with Crippen molar-refractivity contribution in [1.82, 2.24) is 9.78 Å². The van der Waals surface area contributed by atoms with Gasteiger partial charge in [-0.1, -0.05) is 24.6 Å². The van der Waals surface area contributed by atoms with Crippen molar-refractivity contribution < 1.29 is 5.11 Å².